The van der Waals surface area contributed by atoms with Crippen LogP contribution in [0.5, 0.6) is 0 Å². The van der Waals surface area contributed by atoms with Crippen molar-refractivity contribution in [2.24, 2.45) is 5.14 Å². The Morgan fingerprint density at radius 2 is 1.80 bits per heavy atom. The van der Waals surface area contributed by atoms with Crippen molar-refractivity contribution in [3.63, 3.8) is 0 Å². The highest BCUT2D eigenvalue weighted by Gasteiger charge is 2.15. The average molecular weight is 601 g/mol. The van der Waals surface area contributed by atoms with Gasteiger partial charge >= 0.3 is 5.97 Å². The number of carbonyl (C=O) groups excluding carboxylic acids is 2. The molecule has 2 aromatic heterocycles. The van der Waals surface area contributed by atoms with Gasteiger partial charge in [-0.2, -0.15) is 0 Å². The van der Waals surface area contributed by atoms with Gasteiger partial charge in [0.15, 0.2) is 5.16 Å². The molecule has 2 heterocycles. The van der Waals surface area contributed by atoms with Gasteiger partial charge in [0.05, 0.1) is 16.2 Å². The van der Waals surface area contributed by atoms with Crippen molar-refractivity contribution in [2.45, 2.75) is 42.5 Å². The molecule has 2 aromatic carbocycles. The van der Waals surface area contributed by atoms with E-state index in [-0.39, 0.29) is 41.7 Å². The summed E-state index contributed by atoms with van der Waals surface area (Å²) in [6.45, 7) is 0.811. The summed E-state index contributed by atoms with van der Waals surface area (Å²) in [5.74, 6) is -0.593. The van der Waals surface area contributed by atoms with Crippen LogP contribution < -0.4 is 16.0 Å². The fourth-order valence-corrected chi connectivity index (χ4v) is 5.93. The smallest absolute Gasteiger partial charge is 0.316 e. The van der Waals surface area contributed by atoms with Gasteiger partial charge in [0.1, 0.15) is 11.3 Å². The number of primary sulfonamides is 1. The van der Waals surface area contributed by atoms with Crippen LogP contribution in [0.25, 0.3) is 10.2 Å². The third-order valence-corrected chi connectivity index (χ3v) is 8.64. The first-order valence-electron chi connectivity index (χ1n) is 12.4. The molecule has 0 saturated carbocycles. The van der Waals surface area contributed by atoms with Crippen LogP contribution in [-0.4, -0.2) is 42.1 Å². The minimum atomic E-state index is -3.75. The van der Waals surface area contributed by atoms with E-state index in [1.165, 1.54) is 28.0 Å². The van der Waals surface area contributed by atoms with Crippen LogP contribution in [0.2, 0.25) is 0 Å². The highest BCUT2D eigenvalue weighted by atomic mass is 32.2. The lowest BCUT2D eigenvalue weighted by Crippen LogP contribution is -2.27. The van der Waals surface area contributed by atoms with Crippen LogP contribution in [0.1, 0.15) is 24.0 Å². The molecule has 0 unspecified atom stereocenters. The number of hydrogen-bond acceptors (Lipinski definition) is 9. The number of ether oxygens (including phenoxy) is 1. The Labute approximate surface area is 239 Å². The van der Waals surface area contributed by atoms with E-state index < -0.39 is 16.0 Å². The maximum Gasteiger partial charge on any atom is 0.316 e. The quantitative estimate of drug-likeness (QED) is 0.135. The monoisotopic (exact) mass is 600 g/mol. The molecule has 10 nitrogen and oxygen atoms in total. The molecule has 4 aromatic rings. The summed E-state index contributed by atoms with van der Waals surface area (Å²) in [5.41, 5.74) is 2.11. The Hall–Kier alpha value is -3.52. The van der Waals surface area contributed by atoms with Gasteiger partial charge in [0.2, 0.25) is 15.9 Å². The predicted molar refractivity (Wildman–Crippen MR) is 155 cm³/mol. The molecule has 0 aliphatic rings. The zero-order valence-corrected chi connectivity index (χ0v) is 23.9. The molecule has 0 bridgehead atoms. The molecule has 3 N–H and O–H groups in total. The molecule has 0 aliphatic carbocycles. The number of aromatic nitrogens is 2. The van der Waals surface area contributed by atoms with Gasteiger partial charge < -0.3 is 10.1 Å². The summed E-state index contributed by atoms with van der Waals surface area (Å²) in [7, 11) is -3.75. The molecule has 0 fully saturated rings. The highest BCUT2D eigenvalue weighted by molar-refractivity contribution is 7.99. The second kappa shape index (κ2) is 13.7. The van der Waals surface area contributed by atoms with E-state index in [1.807, 2.05) is 30.3 Å². The van der Waals surface area contributed by atoms with Crippen molar-refractivity contribution in [3.05, 3.63) is 87.5 Å². The van der Waals surface area contributed by atoms with Crippen LogP contribution in [0, 0.1) is 0 Å². The molecule has 210 valence electrons. The number of carbonyl (C=O) groups is 2. The number of thiophene rings is 1. The number of esters is 1. The van der Waals surface area contributed by atoms with Gasteiger partial charge in [0, 0.05) is 19.5 Å². The number of thioether (sulfide) groups is 1. The number of nitrogens with two attached hydrogens (primary N) is 1. The zero-order valence-electron chi connectivity index (χ0n) is 21.4. The molecule has 0 aliphatic heterocycles. The van der Waals surface area contributed by atoms with Crippen molar-refractivity contribution >= 4 is 55.2 Å². The number of nitrogens with one attached hydrogen (secondary N) is 1. The summed E-state index contributed by atoms with van der Waals surface area (Å²) in [6.07, 6.45) is 1.12. The maximum absolute atomic E-state index is 13.1. The van der Waals surface area contributed by atoms with Crippen LogP contribution in [-0.2, 0) is 43.9 Å². The molecule has 0 spiro atoms. The summed E-state index contributed by atoms with van der Waals surface area (Å²) in [6, 6.07) is 17.3. The van der Waals surface area contributed by atoms with Gasteiger partial charge in [-0.15, -0.1) is 11.3 Å². The summed E-state index contributed by atoms with van der Waals surface area (Å²) >= 11 is 2.43. The Bertz CT molecular complexity index is 1630. The first kappa shape index (κ1) is 29.5. The summed E-state index contributed by atoms with van der Waals surface area (Å²) in [5, 5.41) is 10.1. The second-order valence-electron chi connectivity index (χ2n) is 8.81. The zero-order chi connectivity index (χ0) is 28.5. The fraction of sp³-hybridized carbons (Fsp3) is 0.259. The van der Waals surface area contributed by atoms with E-state index in [9.17, 15) is 22.8 Å². The number of hydrogen-bond donors (Lipinski definition) is 2. The van der Waals surface area contributed by atoms with Crippen LogP contribution in [0.3, 0.4) is 0 Å². The third-order valence-electron chi connectivity index (χ3n) is 5.87. The van der Waals surface area contributed by atoms with E-state index in [1.54, 1.807) is 23.6 Å². The van der Waals surface area contributed by atoms with E-state index in [4.69, 9.17) is 9.88 Å². The Morgan fingerprint density at radius 3 is 2.52 bits per heavy atom. The van der Waals surface area contributed by atoms with Crippen LogP contribution >= 0.6 is 23.1 Å². The van der Waals surface area contributed by atoms with Crippen LogP contribution in [0.4, 0.5) is 0 Å². The predicted octanol–water partition coefficient (Wildman–Crippen LogP) is 3.08. The molecule has 0 radical (unpaired) electrons. The third kappa shape index (κ3) is 8.24. The molecule has 0 atom stereocenters. The van der Waals surface area contributed by atoms with Gasteiger partial charge in [-0.05, 0) is 47.5 Å². The average Bonchev–Trinajstić information content (AvgIpc) is 3.41. The van der Waals surface area contributed by atoms with Gasteiger partial charge in [0.25, 0.3) is 5.56 Å². The molecule has 40 heavy (non-hydrogen) atoms. The number of rotatable bonds is 13. The van der Waals surface area contributed by atoms with Crippen molar-refractivity contribution in [2.75, 3.05) is 12.3 Å². The number of benzene rings is 2. The number of fused-ring (bicyclic) bond motifs is 1. The first-order chi connectivity index (χ1) is 19.2. The van der Waals surface area contributed by atoms with Gasteiger partial charge in [-0.1, -0.05) is 54.2 Å². The number of amides is 1. The maximum atomic E-state index is 13.1. The van der Waals surface area contributed by atoms with E-state index in [0.717, 1.165) is 22.9 Å². The Kier molecular flexibility index (Phi) is 10.1. The molecule has 0 saturated heterocycles. The van der Waals surface area contributed by atoms with E-state index in [2.05, 4.69) is 10.3 Å². The van der Waals surface area contributed by atoms with Crippen LogP contribution in [0.15, 0.2) is 80.9 Å². The van der Waals surface area contributed by atoms with E-state index >= 15 is 0 Å². The Balaban J connectivity index is 1.28. The molecule has 4 rings (SSSR count). The summed E-state index contributed by atoms with van der Waals surface area (Å²) < 4.78 is 30.1. The number of nitrogens with zero attached hydrogens (tertiary/aromatic N) is 2. The van der Waals surface area contributed by atoms with Crippen molar-refractivity contribution in [3.8, 4) is 0 Å². The summed E-state index contributed by atoms with van der Waals surface area (Å²) in [4.78, 5) is 42.4. The van der Waals surface area contributed by atoms with Crippen molar-refractivity contribution in [1.29, 1.82) is 0 Å². The minimum absolute atomic E-state index is 0.00636. The Morgan fingerprint density at radius 1 is 1.05 bits per heavy atom. The largest absolute Gasteiger partial charge is 0.460 e. The standard InChI is InChI=1S/C27H28N4O6S3/c28-40(35,36)21-10-8-19(9-11-21)12-14-29-23(32)7-4-15-31-26(34)25-22(13-16-38-25)30-27(31)39-18-24(33)37-17-20-5-2-1-3-6-20/h1-3,5-6,8-11,13,16H,4,7,12,14-15,17-18H2,(H,29,32)(H2,28,35,36). The molecular weight excluding hydrogens is 573 g/mol. The fourth-order valence-electron chi connectivity index (χ4n) is 3.81. The highest BCUT2D eigenvalue weighted by Crippen LogP contribution is 2.21. The molecular formula is C27H28N4O6S3. The SMILES string of the molecule is NS(=O)(=O)c1ccc(CCNC(=O)CCCn2c(SCC(=O)OCc3ccccc3)nc3ccsc3c2=O)cc1. The van der Waals surface area contributed by atoms with Crippen molar-refractivity contribution < 1.29 is 22.7 Å². The van der Waals surface area contributed by atoms with Crippen molar-refractivity contribution in [1.82, 2.24) is 14.9 Å². The second-order valence-corrected chi connectivity index (χ2v) is 12.2. The molecule has 13 heteroatoms. The topological polar surface area (TPSA) is 150 Å². The van der Waals surface area contributed by atoms with E-state index in [0.29, 0.717) is 34.8 Å². The number of sulfonamides is 1. The minimum Gasteiger partial charge on any atom is -0.460 e. The lowest BCUT2D eigenvalue weighted by Gasteiger charge is -2.12. The lowest BCUT2D eigenvalue weighted by molar-refractivity contribution is -0.141. The van der Waals surface area contributed by atoms with Gasteiger partial charge in [-0.25, -0.2) is 18.5 Å². The molecule has 1 amide bonds. The van der Waals surface area contributed by atoms with Gasteiger partial charge in [-0.3, -0.25) is 19.0 Å². The first-order valence-corrected chi connectivity index (χ1v) is 15.8. The lowest BCUT2D eigenvalue weighted by atomic mass is 10.1. The normalized spacial score (nSPS) is 11.4.